The summed E-state index contributed by atoms with van der Waals surface area (Å²) in [7, 11) is 0. The molecule has 15 heavy (non-hydrogen) atoms. The number of nitrogens with one attached hydrogen (secondary N) is 1. The molecular weight excluding hydrogens is 192 g/mol. The van der Waals surface area contributed by atoms with Crippen molar-refractivity contribution in [1.29, 1.82) is 0 Å². The van der Waals surface area contributed by atoms with Crippen molar-refractivity contribution in [3.8, 4) is 0 Å². The summed E-state index contributed by atoms with van der Waals surface area (Å²) >= 11 is 0. The minimum Gasteiger partial charge on any atom is -0.472 e. The van der Waals surface area contributed by atoms with Crippen molar-refractivity contribution in [3.05, 3.63) is 24.2 Å². The predicted octanol–water partition coefficient (Wildman–Crippen LogP) is 0.990. The zero-order valence-electron chi connectivity index (χ0n) is 8.90. The van der Waals surface area contributed by atoms with Gasteiger partial charge in [0.15, 0.2) is 0 Å². The Morgan fingerprint density at radius 1 is 1.67 bits per heavy atom. The first-order chi connectivity index (χ1) is 7.31. The van der Waals surface area contributed by atoms with Crippen molar-refractivity contribution in [2.45, 2.75) is 25.9 Å². The molecule has 2 rings (SSSR count). The fourth-order valence-electron chi connectivity index (χ4n) is 1.93. The van der Waals surface area contributed by atoms with Crippen LogP contribution < -0.4 is 5.32 Å². The van der Waals surface area contributed by atoms with Gasteiger partial charge in [-0.15, -0.1) is 0 Å². The summed E-state index contributed by atoms with van der Waals surface area (Å²) in [5, 5.41) is 3.19. The molecule has 1 unspecified atom stereocenters. The van der Waals surface area contributed by atoms with Crippen LogP contribution in [0.25, 0.3) is 0 Å². The lowest BCUT2D eigenvalue weighted by Gasteiger charge is -2.15. The summed E-state index contributed by atoms with van der Waals surface area (Å²) in [6.07, 6.45) is 4.23. The van der Waals surface area contributed by atoms with Gasteiger partial charge in [0.1, 0.15) is 0 Å². The molecule has 1 N–H and O–H groups in total. The van der Waals surface area contributed by atoms with E-state index in [1.54, 1.807) is 12.5 Å². The number of furan rings is 1. The Morgan fingerprint density at radius 2 is 2.53 bits per heavy atom. The van der Waals surface area contributed by atoms with Crippen molar-refractivity contribution in [2.24, 2.45) is 0 Å². The zero-order chi connectivity index (χ0) is 10.7. The zero-order valence-corrected chi connectivity index (χ0v) is 8.90. The molecule has 2 heterocycles. The molecule has 1 atom stereocenters. The Labute approximate surface area is 89.2 Å². The second-order valence-electron chi connectivity index (χ2n) is 3.79. The highest BCUT2D eigenvalue weighted by Gasteiger charge is 2.30. The molecule has 1 aliphatic heterocycles. The molecule has 0 spiro atoms. The van der Waals surface area contributed by atoms with Crippen LogP contribution in [-0.2, 0) is 11.3 Å². The van der Waals surface area contributed by atoms with Gasteiger partial charge in [0.25, 0.3) is 0 Å². The van der Waals surface area contributed by atoms with Crippen LogP contribution in [0.1, 0.15) is 18.9 Å². The number of amides is 1. The first-order valence-corrected chi connectivity index (χ1v) is 5.34. The number of carbonyl (C=O) groups is 1. The monoisotopic (exact) mass is 208 g/mol. The fourth-order valence-corrected chi connectivity index (χ4v) is 1.93. The molecule has 1 saturated heterocycles. The maximum absolute atomic E-state index is 11.9. The Hall–Kier alpha value is -1.29. The molecule has 4 heteroatoms. The van der Waals surface area contributed by atoms with Crippen molar-refractivity contribution >= 4 is 5.91 Å². The largest absolute Gasteiger partial charge is 0.472 e. The van der Waals surface area contributed by atoms with Gasteiger partial charge in [-0.3, -0.25) is 4.79 Å². The third-order valence-electron chi connectivity index (χ3n) is 2.70. The van der Waals surface area contributed by atoms with E-state index < -0.39 is 0 Å². The summed E-state index contributed by atoms with van der Waals surface area (Å²) in [5.74, 6) is 0.207. The summed E-state index contributed by atoms with van der Waals surface area (Å²) in [5.41, 5.74) is 1.06. The minimum atomic E-state index is 0.0156. The minimum absolute atomic E-state index is 0.0156. The maximum atomic E-state index is 11.9. The Kier molecular flexibility index (Phi) is 3.06. The van der Waals surface area contributed by atoms with Gasteiger partial charge in [0.05, 0.1) is 18.6 Å². The Balaban J connectivity index is 1.93. The number of carbonyl (C=O) groups excluding carboxylic acids is 1. The molecular formula is C11H16N2O2. The number of rotatable bonds is 4. The molecule has 0 aromatic carbocycles. The molecule has 82 valence electrons. The summed E-state index contributed by atoms with van der Waals surface area (Å²) in [6, 6.07) is 1.91. The lowest BCUT2D eigenvalue weighted by molar-refractivity contribution is -0.129. The normalized spacial score (nSPS) is 21.3. The third-order valence-corrected chi connectivity index (χ3v) is 2.70. The Morgan fingerprint density at radius 3 is 3.20 bits per heavy atom. The maximum Gasteiger partial charge on any atom is 0.240 e. The molecule has 0 saturated carbocycles. The first kappa shape index (κ1) is 10.2. The topological polar surface area (TPSA) is 45.5 Å². The van der Waals surface area contributed by atoms with E-state index in [4.69, 9.17) is 4.42 Å². The van der Waals surface area contributed by atoms with E-state index in [0.717, 1.165) is 25.1 Å². The standard InChI is InChI=1S/C11H16N2O2/c1-2-12-10-3-5-13(11(10)14)7-9-4-6-15-8-9/h4,6,8,10,12H,2-3,5,7H2,1H3. The van der Waals surface area contributed by atoms with Crippen molar-refractivity contribution < 1.29 is 9.21 Å². The van der Waals surface area contributed by atoms with E-state index >= 15 is 0 Å². The van der Waals surface area contributed by atoms with Crippen LogP contribution in [0.5, 0.6) is 0 Å². The van der Waals surface area contributed by atoms with Crippen LogP contribution in [0.4, 0.5) is 0 Å². The van der Waals surface area contributed by atoms with Crippen LogP contribution in [0, 0.1) is 0 Å². The quantitative estimate of drug-likeness (QED) is 0.802. The van der Waals surface area contributed by atoms with Crippen molar-refractivity contribution in [3.63, 3.8) is 0 Å². The van der Waals surface area contributed by atoms with E-state index in [2.05, 4.69) is 5.32 Å². The van der Waals surface area contributed by atoms with Gasteiger partial charge < -0.3 is 14.6 Å². The van der Waals surface area contributed by atoms with Gasteiger partial charge >= 0.3 is 0 Å². The van der Waals surface area contributed by atoms with Crippen LogP contribution >= 0.6 is 0 Å². The van der Waals surface area contributed by atoms with Gasteiger partial charge in [-0.2, -0.15) is 0 Å². The number of nitrogens with zero attached hydrogens (tertiary/aromatic N) is 1. The predicted molar refractivity (Wildman–Crippen MR) is 56.2 cm³/mol. The van der Waals surface area contributed by atoms with Crippen LogP contribution in [0.3, 0.4) is 0 Å². The van der Waals surface area contributed by atoms with Gasteiger partial charge in [-0.05, 0) is 19.0 Å². The molecule has 4 nitrogen and oxygen atoms in total. The van der Waals surface area contributed by atoms with Crippen LogP contribution in [-0.4, -0.2) is 29.9 Å². The number of likely N-dealkylation sites (N-methyl/N-ethyl adjacent to an activating group) is 1. The van der Waals surface area contributed by atoms with E-state index in [1.165, 1.54) is 0 Å². The number of hydrogen-bond acceptors (Lipinski definition) is 3. The second kappa shape index (κ2) is 4.49. The molecule has 1 aliphatic rings. The van der Waals surface area contributed by atoms with Gasteiger partial charge in [0, 0.05) is 18.7 Å². The molecule has 1 fully saturated rings. The van der Waals surface area contributed by atoms with Gasteiger partial charge in [0.2, 0.25) is 5.91 Å². The molecule has 0 bridgehead atoms. The molecule has 0 radical (unpaired) electrons. The van der Waals surface area contributed by atoms with E-state index in [9.17, 15) is 4.79 Å². The van der Waals surface area contributed by atoms with Gasteiger partial charge in [-0.1, -0.05) is 6.92 Å². The van der Waals surface area contributed by atoms with Crippen molar-refractivity contribution in [2.75, 3.05) is 13.1 Å². The lowest BCUT2D eigenvalue weighted by atomic mass is 10.2. The average Bonchev–Trinajstić information content (AvgIpc) is 2.83. The number of likely N-dealkylation sites (tertiary alicyclic amines) is 1. The molecule has 0 aliphatic carbocycles. The van der Waals surface area contributed by atoms with Crippen LogP contribution in [0.2, 0.25) is 0 Å². The summed E-state index contributed by atoms with van der Waals surface area (Å²) < 4.78 is 4.98. The highest BCUT2D eigenvalue weighted by atomic mass is 16.3. The second-order valence-corrected chi connectivity index (χ2v) is 3.79. The van der Waals surface area contributed by atoms with E-state index in [-0.39, 0.29) is 11.9 Å². The highest BCUT2D eigenvalue weighted by Crippen LogP contribution is 2.15. The van der Waals surface area contributed by atoms with Crippen LogP contribution in [0.15, 0.2) is 23.0 Å². The smallest absolute Gasteiger partial charge is 0.240 e. The number of hydrogen-bond donors (Lipinski definition) is 1. The first-order valence-electron chi connectivity index (χ1n) is 5.34. The van der Waals surface area contributed by atoms with Gasteiger partial charge in [-0.25, -0.2) is 0 Å². The Bertz CT molecular complexity index is 321. The SMILES string of the molecule is CCNC1CCN(Cc2ccoc2)C1=O. The van der Waals surface area contributed by atoms with Crippen molar-refractivity contribution in [1.82, 2.24) is 10.2 Å². The average molecular weight is 208 g/mol. The fraction of sp³-hybridized carbons (Fsp3) is 0.545. The summed E-state index contributed by atoms with van der Waals surface area (Å²) in [6.45, 7) is 4.36. The third kappa shape index (κ3) is 2.21. The van der Waals surface area contributed by atoms with E-state index in [0.29, 0.717) is 6.54 Å². The van der Waals surface area contributed by atoms with E-state index in [1.807, 2.05) is 17.9 Å². The highest BCUT2D eigenvalue weighted by molar-refractivity contribution is 5.83. The molecule has 1 aromatic heterocycles. The molecule has 1 amide bonds. The lowest BCUT2D eigenvalue weighted by Crippen LogP contribution is -2.37. The molecule has 1 aromatic rings. The summed E-state index contributed by atoms with van der Waals surface area (Å²) in [4.78, 5) is 13.7.